The Kier molecular flexibility index (Phi) is 5.58. The second kappa shape index (κ2) is 7.85. The third-order valence-electron chi connectivity index (χ3n) is 4.30. The minimum absolute atomic E-state index is 0.0393. The Balaban J connectivity index is 1.82. The normalized spacial score (nSPS) is 15.4. The van der Waals surface area contributed by atoms with Crippen LogP contribution >= 0.6 is 11.3 Å². The van der Waals surface area contributed by atoms with E-state index >= 15 is 0 Å². The van der Waals surface area contributed by atoms with Crippen molar-refractivity contribution in [3.05, 3.63) is 41.2 Å². The van der Waals surface area contributed by atoms with E-state index in [-0.39, 0.29) is 17.8 Å². The van der Waals surface area contributed by atoms with Crippen molar-refractivity contribution in [3.8, 4) is 10.6 Å². The van der Waals surface area contributed by atoms with Gasteiger partial charge in [0, 0.05) is 23.5 Å². The molecular weight excluding hydrogens is 325 g/mol. The molecule has 2 heterocycles. The van der Waals surface area contributed by atoms with Crippen LogP contribution in [0.4, 0.5) is 4.39 Å². The first-order valence-electron chi connectivity index (χ1n) is 8.42. The van der Waals surface area contributed by atoms with Crippen LogP contribution in [0.15, 0.2) is 29.6 Å². The van der Waals surface area contributed by atoms with Crippen LogP contribution < -0.4 is 5.32 Å². The highest BCUT2D eigenvalue weighted by atomic mass is 32.1. The van der Waals surface area contributed by atoms with Gasteiger partial charge in [0.1, 0.15) is 16.5 Å². The molecule has 3 rings (SSSR count). The van der Waals surface area contributed by atoms with Crippen molar-refractivity contribution in [2.24, 2.45) is 0 Å². The van der Waals surface area contributed by atoms with Gasteiger partial charge in [0.2, 0.25) is 0 Å². The number of hydrogen-bond donors (Lipinski definition) is 1. The second-order valence-electron chi connectivity index (χ2n) is 6.00. The summed E-state index contributed by atoms with van der Waals surface area (Å²) in [6.45, 7) is 4.69. The zero-order valence-electron chi connectivity index (χ0n) is 13.8. The fourth-order valence-electron chi connectivity index (χ4n) is 3.09. The summed E-state index contributed by atoms with van der Waals surface area (Å²) >= 11 is 1.32. The molecular formula is C18H22FN3OS. The Labute approximate surface area is 145 Å². The number of benzene rings is 1. The number of nitrogens with zero attached hydrogens (tertiary/aromatic N) is 2. The molecule has 1 aromatic heterocycles. The van der Waals surface area contributed by atoms with Crippen molar-refractivity contribution in [2.45, 2.75) is 32.2 Å². The summed E-state index contributed by atoms with van der Waals surface area (Å²) in [5, 5.41) is 5.63. The van der Waals surface area contributed by atoms with E-state index in [1.54, 1.807) is 23.6 Å². The first-order valence-corrected chi connectivity index (χ1v) is 9.30. The zero-order chi connectivity index (χ0) is 16.9. The van der Waals surface area contributed by atoms with E-state index in [0.29, 0.717) is 16.3 Å². The molecule has 0 spiro atoms. The lowest BCUT2D eigenvalue weighted by atomic mass is 10.0. The van der Waals surface area contributed by atoms with Crippen molar-refractivity contribution in [2.75, 3.05) is 19.6 Å². The van der Waals surface area contributed by atoms with Crippen LogP contribution in [0.25, 0.3) is 10.6 Å². The molecule has 0 atom stereocenters. The quantitative estimate of drug-likeness (QED) is 0.900. The molecule has 0 bridgehead atoms. The van der Waals surface area contributed by atoms with E-state index in [2.05, 4.69) is 17.2 Å². The molecule has 1 aliphatic heterocycles. The van der Waals surface area contributed by atoms with Crippen LogP contribution in [-0.2, 0) is 0 Å². The van der Waals surface area contributed by atoms with Crippen LogP contribution in [0, 0.1) is 5.82 Å². The van der Waals surface area contributed by atoms with Crippen molar-refractivity contribution in [3.63, 3.8) is 0 Å². The summed E-state index contributed by atoms with van der Waals surface area (Å²) < 4.78 is 13.9. The number of piperidine rings is 1. The molecule has 0 unspecified atom stereocenters. The summed E-state index contributed by atoms with van der Waals surface area (Å²) in [5.74, 6) is -0.350. The van der Waals surface area contributed by atoms with E-state index in [9.17, 15) is 9.18 Å². The molecule has 1 aromatic carbocycles. The average molecular weight is 347 g/mol. The summed E-state index contributed by atoms with van der Waals surface area (Å²) in [4.78, 5) is 19.3. The second-order valence-corrected chi connectivity index (χ2v) is 6.86. The van der Waals surface area contributed by atoms with Gasteiger partial charge in [-0.15, -0.1) is 11.3 Å². The number of halogens is 1. The number of amides is 1. The van der Waals surface area contributed by atoms with Crippen LogP contribution in [-0.4, -0.2) is 41.5 Å². The molecule has 1 fully saturated rings. The van der Waals surface area contributed by atoms with E-state index in [1.165, 1.54) is 17.4 Å². The number of nitrogens with one attached hydrogen (secondary N) is 1. The molecule has 24 heavy (non-hydrogen) atoms. The summed E-state index contributed by atoms with van der Waals surface area (Å²) in [6, 6.07) is 6.80. The van der Waals surface area contributed by atoms with E-state index < -0.39 is 0 Å². The topological polar surface area (TPSA) is 45.2 Å². The minimum atomic E-state index is -0.311. The van der Waals surface area contributed by atoms with Gasteiger partial charge in [-0.25, -0.2) is 9.37 Å². The highest BCUT2D eigenvalue weighted by molar-refractivity contribution is 7.13. The van der Waals surface area contributed by atoms with Crippen molar-refractivity contribution >= 4 is 17.2 Å². The molecule has 6 heteroatoms. The van der Waals surface area contributed by atoms with E-state index in [0.717, 1.165) is 38.9 Å². The third-order valence-corrected chi connectivity index (χ3v) is 5.18. The summed E-state index contributed by atoms with van der Waals surface area (Å²) in [5.41, 5.74) is 0.871. The standard InChI is InChI=1S/C18H22FN3OS/c1-2-11-22(13-7-9-20-10-8-13)18(23)16-12-24-17(21-16)14-5-3-4-6-15(14)19/h3-6,12-13,20H,2,7-11H2,1H3. The van der Waals surface area contributed by atoms with E-state index in [4.69, 9.17) is 0 Å². The number of thiazole rings is 1. The Morgan fingerprint density at radius 1 is 1.38 bits per heavy atom. The van der Waals surface area contributed by atoms with Gasteiger partial charge in [0.25, 0.3) is 5.91 Å². The van der Waals surface area contributed by atoms with Crippen molar-refractivity contribution < 1.29 is 9.18 Å². The van der Waals surface area contributed by atoms with Gasteiger partial charge in [-0.1, -0.05) is 19.1 Å². The first-order chi connectivity index (χ1) is 11.7. The molecule has 1 N–H and O–H groups in total. The summed E-state index contributed by atoms with van der Waals surface area (Å²) in [6.07, 6.45) is 2.85. The van der Waals surface area contributed by atoms with Gasteiger partial charge in [-0.3, -0.25) is 4.79 Å². The number of carbonyl (C=O) groups excluding carboxylic acids is 1. The van der Waals surface area contributed by atoms with Gasteiger partial charge in [-0.05, 0) is 44.5 Å². The highest BCUT2D eigenvalue weighted by Gasteiger charge is 2.27. The lowest BCUT2D eigenvalue weighted by molar-refractivity contribution is 0.0637. The van der Waals surface area contributed by atoms with Gasteiger partial charge >= 0.3 is 0 Å². The molecule has 1 amide bonds. The van der Waals surface area contributed by atoms with Crippen LogP contribution in [0.2, 0.25) is 0 Å². The monoisotopic (exact) mass is 347 g/mol. The van der Waals surface area contributed by atoms with Crippen LogP contribution in [0.3, 0.4) is 0 Å². The number of aromatic nitrogens is 1. The SMILES string of the molecule is CCCN(C(=O)c1csc(-c2ccccc2F)n1)C1CCNCC1. The lowest BCUT2D eigenvalue weighted by Crippen LogP contribution is -2.46. The largest absolute Gasteiger partial charge is 0.334 e. The fourth-order valence-corrected chi connectivity index (χ4v) is 3.91. The molecule has 0 radical (unpaired) electrons. The average Bonchev–Trinajstić information content (AvgIpc) is 3.10. The maximum absolute atomic E-state index is 13.9. The van der Waals surface area contributed by atoms with Crippen molar-refractivity contribution in [1.29, 1.82) is 0 Å². The third kappa shape index (κ3) is 3.65. The Hall–Kier alpha value is -1.79. The van der Waals surface area contributed by atoms with Crippen molar-refractivity contribution in [1.82, 2.24) is 15.2 Å². The Morgan fingerprint density at radius 3 is 2.83 bits per heavy atom. The Morgan fingerprint density at radius 2 is 2.12 bits per heavy atom. The maximum atomic E-state index is 13.9. The Bertz CT molecular complexity index is 697. The number of rotatable bonds is 5. The lowest BCUT2D eigenvalue weighted by Gasteiger charge is -2.34. The molecule has 1 saturated heterocycles. The van der Waals surface area contributed by atoms with Gasteiger partial charge in [0.15, 0.2) is 0 Å². The molecule has 0 saturated carbocycles. The molecule has 1 aliphatic rings. The molecule has 128 valence electrons. The van der Waals surface area contributed by atoms with Crippen LogP contribution in [0.1, 0.15) is 36.7 Å². The highest BCUT2D eigenvalue weighted by Crippen LogP contribution is 2.27. The fraction of sp³-hybridized carbons (Fsp3) is 0.444. The minimum Gasteiger partial charge on any atom is -0.334 e. The van der Waals surface area contributed by atoms with Crippen LogP contribution in [0.5, 0.6) is 0 Å². The van der Waals surface area contributed by atoms with Gasteiger partial charge in [-0.2, -0.15) is 0 Å². The summed E-state index contributed by atoms with van der Waals surface area (Å²) in [7, 11) is 0. The number of carbonyl (C=O) groups is 1. The zero-order valence-corrected chi connectivity index (χ0v) is 14.6. The molecule has 2 aromatic rings. The predicted molar refractivity (Wildman–Crippen MR) is 94.7 cm³/mol. The van der Waals surface area contributed by atoms with Gasteiger partial charge in [0.05, 0.1) is 0 Å². The predicted octanol–water partition coefficient (Wildman–Crippen LogP) is 3.55. The maximum Gasteiger partial charge on any atom is 0.273 e. The molecule has 0 aliphatic carbocycles. The van der Waals surface area contributed by atoms with E-state index in [1.807, 2.05) is 4.90 Å². The first kappa shape index (κ1) is 17.0. The van der Waals surface area contributed by atoms with Gasteiger partial charge < -0.3 is 10.2 Å². The smallest absolute Gasteiger partial charge is 0.273 e. The number of hydrogen-bond acceptors (Lipinski definition) is 4. The molecule has 4 nitrogen and oxygen atoms in total.